The molecule has 0 bridgehead atoms. The topological polar surface area (TPSA) is 52.1 Å². The van der Waals surface area contributed by atoms with Crippen LogP contribution in [0.2, 0.25) is 0 Å². The zero-order valence-electron chi connectivity index (χ0n) is 20.2. The summed E-state index contributed by atoms with van der Waals surface area (Å²) in [7, 11) is 0. The third-order valence-electron chi connectivity index (χ3n) is 7.13. The number of rotatable bonds is 6. The summed E-state index contributed by atoms with van der Waals surface area (Å²) in [6, 6.07) is 16.7. The maximum absolute atomic E-state index is 6.08. The van der Waals surface area contributed by atoms with E-state index < -0.39 is 0 Å². The third-order valence-corrected chi connectivity index (χ3v) is 8.19. The van der Waals surface area contributed by atoms with Crippen molar-refractivity contribution in [3.05, 3.63) is 59.7 Å². The second-order valence-corrected chi connectivity index (χ2v) is 11.1. The van der Waals surface area contributed by atoms with Crippen molar-refractivity contribution in [3.63, 3.8) is 0 Å². The fourth-order valence-corrected chi connectivity index (χ4v) is 4.74. The largest absolute Gasteiger partial charge is 0.435 e. The number of fused-ring (bicyclic) bond motifs is 2. The molecule has 0 aliphatic rings. The lowest BCUT2D eigenvalue weighted by Crippen LogP contribution is -2.14. The van der Waals surface area contributed by atoms with Crippen molar-refractivity contribution >= 4 is 33.5 Å². The molecule has 0 spiro atoms. The van der Waals surface area contributed by atoms with E-state index in [1.165, 1.54) is 11.1 Å². The van der Waals surface area contributed by atoms with E-state index in [0.29, 0.717) is 11.8 Å². The van der Waals surface area contributed by atoms with Crippen molar-refractivity contribution in [2.75, 3.05) is 0 Å². The molecule has 0 atom stereocenters. The molecule has 3 heterocycles. The Balaban J connectivity index is 1.47. The Morgan fingerprint density at radius 1 is 0.667 bits per heavy atom. The minimum Gasteiger partial charge on any atom is -0.435 e. The van der Waals surface area contributed by atoms with Gasteiger partial charge in [-0.05, 0) is 71.2 Å². The maximum atomic E-state index is 6.08. The molecule has 0 amide bonds. The predicted molar refractivity (Wildman–Crippen MR) is 137 cm³/mol. The Bertz CT molecular complexity index is 1340. The van der Waals surface area contributed by atoms with Crippen molar-refractivity contribution in [1.82, 2.24) is 9.97 Å². The van der Waals surface area contributed by atoms with E-state index in [-0.39, 0.29) is 10.8 Å². The summed E-state index contributed by atoms with van der Waals surface area (Å²) in [5.41, 5.74) is 6.19. The summed E-state index contributed by atoms with van der Waals surface area (Å²) in [5, 5.41) is 0. The first-order valence-electron chi connectivity index (χ1n) is 11.6. The van der Waals surface area contributed by atoms with Crippen LogP contribution in [0.5, 0.6) is 0 Å². The minimum atomic E-state index is 0.114. The molecule has 0 N–H and O–H groups in total. The van der Waals surface area contributed by atoms with E-state index in [4.69, 9.17) is 18.8 Å². The lowest BCUT2D eigenvalue weighted by molar-refractivity contribution is 0.506. The van der Waals surface area contributed by atoms with Crippen LogP contribution in [0.25, 0.3) is 43.7 Å². The van der Waals surface area contributed by atoms with Crippen molar-refractivity contribution in [3.8, 4) is 21.5 Å². The molecule has 5 aromatic rings. The molecule has 0 aliphatic carbocycles. The van der Waals surface area contributed by atoms with Gasteiger partial charge in [-0.15, -0.1) is 11.3 Å². The van der Waals surface area contributed by atoms with Gasteiger partial charge in [0, 0.05) is 0 Å². The number of nitrogens with zero attached hydrogens (tertiary/aromatic N) is 2. The Morgan fingerprint density at radius 2 is 1.09 bits per heavy atom. The molecular formula is C28H30N2O2S. The molecule has 0 unspecified atom stereocenters. The van der Waals surface area contributed by atoms with Crippen LogP contribution in [0.1, 0.15) is 65.5 Å². The second-order valence-electron chi connectivity index (χ2n) is 10.0. The fourth-order valence-electron chi connectivity index (χ4n) is 3.88. The predicted octanol–water partition coefficient (Wildman–Crippen LogP) is 8.74. The minimum absolute atomic E-state index is 0.114. The van der Waals surface area contributed by atoms with Gasteiger partial charge in [-0.3, -0.25) is 0 Å². The zero-order valence-corrected chi connectivity index (χ0v) is 21.0. The number of oxazole rings is 2. The van der Waals surface area contributed by atoms with E-state index in [1.54, 1.807) is 11.3 Å². The Hall–Kier alpha value is -2.92. The van der Waals surface area contributed by atoms with Crippen LogP contribution in [0.4, 0.5) is 0 Å². The summed E-state index contributed by atoms with van der Waals surface area (Å²) < 4.78 is 12.2. The molecule has 5 heteroatoms. The average molecular weight is 459 g/mol. The van der Waals surface area contributed by atoms with Crippen molar-refractivity contribution in [2.45, 2.75) is 65.2 Å². The van der Waals surface area contributed by atoms with Gasteiger partial charge >= 0.3 is 0 Å². The van der Waals surface area contributed by atoms with Gasteiger partial charge in [-0.2, -0.15) is 0 Å². The van der Waals surface area contributed by atoms with Crippen LogP contribution < -0.4 is 0 Å². The molecule has 0 saturated carbocycles. The van der Waals surface area contributed by atoms with Gasteiger partial charge in [0.2, 0.25) is 11.8 Å². The van der Waals surface area contributed by atoms with Crippen molar-refractivity contribution in [2.24, 2.45) is 0 Å². The van der Waals surface area contributed by atoms with Gasteiger partial charge in [-0.25, -0.2) is 9.97 Å². The van der Waals surface area contributed by atoms with Crippen LogP contribution in [-0.2, 0) is 10.8 Å². The summed E-state index contributed by atoms with van der Waals surface area (Å²) in [6.45, 7) is 13.5. The summed E-state index contributed by atoms with van der Waals surface area (Å²) in [4.78, 5) is 11.5. The molecule has 0 saturated heterocycles. The average Bonchev–Trinajstić information content (AvgIpc) is 3.54. The van der Waals surface area contributed by atoms with Gasteiger partial charge in [0.05, 0.1) is 9.75 Å². The van der Waals surface area contributed by atoms with Crippen LogP contribution in [0.3, 0.4) is 0 Å². The number of aromatic nitrogens is 2. The van der Waals surface area contributed by atoms with Gasteiger partial charge in [0.15, 0.2) is 11.2 Å². The first-order valence-corrected chi connectivity index (χ1v) is 12.4. The highest BCUT2D eigenvalue weighted by Crippen LogP contribution is 2.38. The van der Waals surface area contributed by atoms with E-state index >= 15 is 0 Å². The molecule has 3 aromatic heterocycles. The van der Waals surface area contributed by atoms with Crippen molar-refractivity contribution < 1.29 is 8.83 Å². The lowest BCUT2D eigenvalue weighted by atomic mass is 9.82. The summed E-state index contributed by atoms with van der Waals surface area (Å²) in [5.74, 6) is 1.27. The van der Waals surface area contributed by atoms with Crippen LogP contribution in [0, 0.1) is 0 Å². The smallest absolute Gasteiger partial charge is 0.237 e. The number of thiophene rings is 1. The maximum Gasteiger partial charge on any atom is 0.237 e. The zero-order chi connectivity index (χ0) is 23.4. The molecule has 170 valence electrons. The molecule has 0 fully saturated rings. The number of hydrogen-bond acceptors (Lipinski definition) is 5. The van der Waals surface area contributed by atoms with Gasteiger partial charge in [0.1, 0.15) is 11.0 Å². The fraction of sp³-hybridized carbons (Fsp3) is 0.357. The highest BCUT2D eigenvalue weighted by Gasteiger charge is 2.22. The third kappa shape index (κ3) is 3.89. The summed E-state index contributed by atoms with van der Waals surface area (Å²) >= 11 is 1.59. The van der Waals surface area contributed by atoms with Gasteiger partial charge in [-0.1, -0.05) is 53.7 Å². The standard InChI is InChI=1S/C28H30N2O2S/c1-7-27(3,4)17-9-11-21-19(15-17)29-25(31-21)23-13-14-24(33-23)26-30-20-16-18(28(5,6)8-2)10-12-22(20)32-26/h9-16H,7-8H2,1-6H3. The normalized spacial score (nSPS) is 12.8. The number of benzene rings is 2. The lowest BCUT2D eigenvalue weighted by Gasteiger charge is -2.22. The van der Waals surface area contributed by atoms with E-state index in [9.17, 15) is 0 Å². The SMILES string of the molecule is CCC(C)(C)c1ccc2oc(-c3ccc(-c4nc5cc(C(C)(C)CC)ccc5o4)s3)nc2c1. The monoisotopic (exact) mass is 458 g/mol. The molecular weight excluding hydrogens is 428 g/mol. The highest BCUT2D eigenvalue weighted by atomic mass is 32.1. The first-order chi connectivity index (χ1) is 15.7. The van der Waals surface area contributed by atoms with E-state index in [1.807, 2.05) is 24.3 Å². The van der Waals surface area contributed by atoms with E-state index in [0.717, 1.165) is 44.8 Å². The number of hydrogen-bond donors (Lipinski definition) is 0. The van der Waals surface area contributed by atoms with E-state index in [2.05, 4.69) is 65.8 Å². The quantitative estimate of drug-likeness (QED) is 0.255. The van der Waals surface area contributed by atoms with Crippen LogP contribution >= 0.6 is 11.3 Å². The van der Waals surface area contributed by atoms with Gasteiger partial charge in [0.25, 0.3) is 0 Å². The molecule has 0 radical (unpaired) electrons. The first kappa shape index (κ1) is 21.9. The van der Waals surface area contributed by atoms with Crippen LogP contribution in [0.15, 0.2) is 57.4 Å². The molecule has 33 heavy (non-hydrogen) atoms. The Morgan fingerprint density at radius 3 is 1.48 bits per heavy atom. The highest BCUT2D eigenvalue weighted by molar-refractivity contribution is 7.18. The summed E-state index contributed by atoms with van der Waals surface area (Å²) in [6.07, 6.45) is 2.14. The molecule has 4 nitrogen and oxygen atoms in total. The van der Waals surface area contributed by atoms with Crippen molar-refractivity contribution in [1.29, 1.82) is 0 Å². The molecule has 5 rings (SSSR count). The van der Waals surface area contributed by atoms with Crippen LogP contribution in [-0.4, -0.2) is 9.97 Å². The Kier molecular flexibility index (Phi) is 5.20. The second kappa shape index (κ2) is 7.84. The Labute approximate surface area is 198 Å². The van der Waals surface area contributed by atoms with Gasteiger partial charge < -0.3 is 8.83 Å². The molecule has 0 aliphatic heterocycles. The molecule has 2 aromatic carbocycles.